The van der Waals surface area contributed by atoms with Crippen molar-refractivity contribution in [3.8, 4) is 0 Å². The van der Waals surface area contributed by atoms with Gasteiger partial charge in [0, 0.05) is 37.5 Å². The van der Waals surface area contributed by atoms with Gasteiger partial charge in [0.15, 0.2) is 11.5 Å². The van der Waals surface area contributed by atoms with Crippen LogP contribution in [-0.4, -0.2) is 51.8 Å². The van der Waals surface area contributed by atoms with Crippen molar-refractivity contribution >= 4 is 5.91 Å². The van der Waals surface area contributed by atoms with E-state index in [1.165, 1.54) is 0 Å². The molecule has 1 fully saturated rings. The molecule has 0 saturated carbocycles. The number of piperidine rings is 1. The number of aliphatic hydroxyl groups excluding tert-OH is 1. The molecule has 3 rings (SSSR count). The number of hydrogen-bond donors (Lipinski definition) is 2. The molecule has 7 heteroatoms. The molecular formula is C18H24N4O3. The molecule has 1 atom stereocenters. The number of carbonyl (C=O) groups is 1. The summed E-state index contributed by atoms with van der Waals surface area (Å²) >= 11 is 0. The van der Waals surface area contributed by atoms with Crippen LogP contribution in [0.1, 0.15) is 40.3 Å². The average molecular weight is 344 g/mol. The van der Waals surface area contributed by atoms with Crippen molar-refractivity contribution in [1.29, 1.82) is 0 Å². The summed E-state index contributed by atoms with van der Waals surface area (Å²) in [4.78, 5) is 18.6. The molecule has 0 radical (unpaired) electrons. The van der Waals surface area contributed by atoms with Gasteiger partial charge in [-0.3, -0.25) is 14.7 Å². The van der Waals surface area contributed by atoms with Gasteiger partial charge in [-0.2, -0.15) is 0 Å². The fourth-order valence-corrected chi connectivity index (χ4v) is 3.05. The lowest BCUT2D eigenvalue weighted by Gasteiger charge is -2.28. The maximum Gasteiger partial charge on any atom is 0.273 e. The number of aryl methyl sites for hydroxylation is 1. The van der Waals surface area contributed by atoms with E-state index in [4.69, 9.17) is 4.52 Å². The van der Waals surface area contributed by atoms with Gasteiger partial charge in [-0.1, -0.05) is 11.2 Å². The second kappa shape index (κ2) is 8.22. The molecule has 0 bridgehead atoms. The van der Waals surface area contributed by atoms with Crippen LogP contribution in [0, 0.1) is 6.92 Å². The molecule has 134 valence electrons. The number of hydrogen-bond acceptors (Lipinski definition) is 6. The minimum Gasteiger partial charge on any atom is -0.392 e. The third-order valence-corrected chi connectivity index (χ3v) is 4.42. The van der Waals surface area contributed by atoms with Crippen LogP contribution in [-0.2, 0) is 13.0 Å². The summed E-state index contributed by atoms with van der Waals surface area (Å²) < 4.78 is 5.26. The molecule has 2 N–H and O–H groups in total. The van der Waals surface area contributed by atoms with Crippen LogP contribution in [0.5, 0.6) is 0 Å². The van der Waals surface area contributed by atoms with Crippen molar-refractivity contribution in [1.82, 2.24) is 20.4 Å². The average Bonchev–Trinajstić information content (AvgIpc) is 3.05. The minimum atomic E-state index is -0.283. The van der Waals surface area contributed by atoms with Crippen LogP contribution >= 0.6 is 0 Å². The molecule has 3 heterocycles. The van der Waals surface area contributed by atoms with Crippen molar-refractivity contribution in [2.45, 2.75) is 38.8 Å². The Morgan fingerprint density at radius 1 is 1.52 bits per heavy atom. The fourth-order valence-electron chi connectivity index (χ4n) is 3.05. The molecule has 0 unspecified atom stereocenters. The van der Waals surface area contributed by atoms with Crippen LogP contribution in [0.3, 0.4) is 0 Å². The van der Waals surface area contributed by atoms with Gasteiger partial charge in [-0.15, -0.1) is 0 Å². The smallest absolute Gasteiger partial charge is 0.273 e. The van der Waals surface area contributed by atoms with E-state index in [2.05, 4.69) is 20.4 Å². The number of likely N-dealkylation sites (tertiary alicyclic amines) is 1. The summed E-state index contributed by atoms with van der Waals surface area (Å²) in [7, 11) is 0. The Kier molecular flexibility index (Phi) is 5.78. The van der Waals surface area contributed by atoms with Crippen molar-refractivity contribution in [2.75, 3.05) is 19.6 Å². The van der Waals surface area contributed by atoms with E-state index < -0.39 is 0 Å². The number of pyridine rings is 1. The number of aliphatic hydroxyl groups is 1. The number of carbonyl (C=O) groups excluding carboxylic acids is 1. The highest BCUT2D eigenvalue weighted by atomic mass is 16.5. The first-order valence-corrected chi connectivity index (χ1v) is 8.66. The molecule has 1 saturated heterocycles. The van der Waals surface area contributed by atoms with Crippen molar-refractivity contribution < 1.29 is 14.4 Å². The van der Waals surface area contributed by atoms with Crippen LogP contribution in [0.25, 0.3) is 0 Å². The lowest BCUT2D eigenvalue weighted by molar-refractivity contribution is 0.0622. The van der Waals surface area contributed by atoms with Gasteiger partial charge in [0.2, 0.25) is 0 Å². The first kappa shape index (κ1) is 17.6. The highest BCUT2D eigenvalue weighted by Gasteiger charge is 2.20. The summed E-state index contributed by atoms with van der Waals surface area (Å²) in [6.45, 7) is 4.61. The predicted octanol–water partition coefficient (Wildman–Crippen LogP) is 1.31. The molecule has 1 aliphatic heterocycles. The quantitative estimate of drug-likeness (QED) is 0.821. The molecular weight excluding hydrogens is 320 g/mol. The van der Waals surface area contributed by atoms with Crippen LogP contribution in [0.4, 0.5) is 0 Å². The molecule has 1 amide bonds. The second-order valence-corrected chi connectivity index (χ2v) is 6.48. The zero-order valence-electron chi connectivity index (χ0n) is 14.4. The van der Waals surface area contributed by atoms with Crippen molar-refractivity contribution in [2.24, 2.45) is 0 Å². The van der Waals surface area contributed by atoms with Gasteiger partial charge in [-0.25, -0.2) is 0 Å². The van der Waals surface area contributed by atoms with Gasteiger partial charge >= 0.3 is 0 Å². The maximum atomic E-state index is 12.2. The lowest BCUT2D eigenvalue weighted by atomic mass is 10.1. The van der Waals surface area contributed by atoms with E-state index in [1.54, 1.807) is 12.3 Å². The van der Waals surface area contributed by atoms with Crippen LogP contribution in [0.2, 0.25) is 0 Å². The van der Waals surface area contributed by atoms with E-state index >= 15 is 0 Å². The molecule has 7 nitrogen and oxygen atoms in total. The van der Waals surface area contributed by atoms with E-state index in [0.717, 1.165) is 30.6 Å². The van der Waals surface area contributed by atoms with Gasteiger partial charge in [0.05, 0.1) is 12.6 Å². The highest BCUT2D eigenvalue weighted by Crippen LogP contribution is 2.14. The molecule has 2 aromatic rings. The van der Waals surface area contributed by atoms with Crippen LogP contribution in [0.15, 0.2) is 28.9 Å². The Balaban J connectivity index is 1.48. The SMILES string of the molecule is Cc1cccnc1CCNC(=O)c1cc(CN2CCC[C@@H](O)C2)on1. The number of nitrogens with one attached hydrogen (secondary N) is 1. The number of aromatic nitrogens is 2. The second-order valence-electron chi connectivity index (χ2n) is 6.48. The first-order valence-electron chi connectivity index (χ1n) is 8.66. The molecule has 0 aromatic carbocycles. The normalized spacial score (nSPS) is 18.2. The summed E-state index contributed by atoms with van der Waals surface area (Å²) in [6.07, 6.45) is 3.96. The third kappa shape index (κ3) is 4.87. The van der Waals surface area contributed by atoms with E-state index in [0.29, 0.717) is 31.8 Å². The first-order chi connectivity index (χ1) is 12.1. The zero-order chi connectivity index (χ0) is 17.6. The molecule has 0 aliphatic carbocycles. The summed E-state index contributed by atoms with van der Waals surface area (Å²) in [5.41, 5.74) is 2.38. The van der Waals surface area contributed by atoms with Gasteiger partial charge in [0.25, 0.3) is 5.91 Å². The minimum absolute atomic E-state index is 0.248. The summed E-state index contributed by atoms with van der Waals surface area (Å²) in [5.74, 6) is 0.391. The van der Waals surface area contributed by atoms with Crippen molar-refractivity contribution in [3.05, 3.63) is 47.1 Å². The van der Waals surface area contributed by atoms with E-state index in [1.807, 2.05) is 19.1 Å². The molecule has 0 spiro atoms. The Bertz CT molecular complexity index is 716. The molecule has 25 heavy (non-hydrogen) atoms. The Labute approximate surface area is 147 Å². The monoisotopic (exact) mass is 344 g/mol. The number of β-amino-alcohol motifs (C(OH)–C–C–N with tert-alkyl or cyclic N) is 1. The molecule has 1 aliphatic rings. The fraction of sp³-hybridized carbons (Fsp3) is 0.500. The Hall–Kier alpha value is -2.25. The predicted molar refractivity (Wildman–Crippen MR) is 92.0 cm³/mol. The summed E-state index contributed by atoms with van der Waals surface area (Å²) in [5, 5.41) is 16.4. The summed E-state index contributed by atoms with van der Waals surface area (Å²) in [6, 6.07) is 5.57. The molecule has 2 aromatic heterocycles. The number of nitrogens with zero attached hydrogens (tertiary/aromatic N) is 3. The van der Waals surface area contributed by atoms with Crippen LogP contribution < -0.4 is 5.32 Å². The van der Waals surface area contributed by atoms with Crippen molar-refractivity contribution in [3.63, 3.8) is 0 Å². The largest absolute Gasteiger partial charge is 0.392 e. The standard InChI is InChI=1S/C18H24N4O3/c1-13-4-2-7-19-16(13)6-8-20-18(24)17-10-15(25-21-17)12-22-9-3-5-14(23)11-22/h2,4,7,10,14,23H,3,5-6,8-9,11-12H2,1H3,(H,20,24)/t14-/m1/s1. The van der Waals surface area contributed by atoms with E-state index in [9.17, 15) is 9.90 Å². The maximum absolute atomic E-state index is 12.2. The van der Waals surface area contributed by atoms with Gasteiger partial charge in [-0.05, 0) is 37.9 Å². The third-order valence-electron chi connectivity index (χ3n) is 4.42. The Morgan fingerprint density at radius 3 is 3.20 bits per heavy atom. The lowest BCUT2D eigenvalue weighted by Crippen LogP contribution is -2.37. The number of rotatable bonds is 6. The van der Waals surface area contributed by atoms with E-state index in [-0.39, 0.29) is 17.7 Å². The highest BCUT2D eigenvalue weighted by molar-refractivity contribution is 5.92. The zero-order valence-corrected chi connectivity index (χ0v) is 14.4. The number of amides is 1. The topological polar surface area (TPSA) is 91.5 Å². The van der Waals surface area contributed by atoms with Gasteiger partial charge < -0.3 is 14.9 Å². The Morgan fingerprint density at radius 2 is 2.40 bits per heavy atom. The van der Waals surface area contributed by atoms with Gasteiger partial charge in [0.1, 0.15) is 0 Å².